The molecule has 3 aromatic rings. The normalized spacial score (nSPS) is 10.4. The van der Waals surface area contributed by atoms with Gasteiger partial charge in [-0.1, -0.05) is 30.3 Å². The van der Waals surface area contributed by atoms with Crippen molar-refractivity contribution < 1.29 is 4.74 Å². The molecule has 0 saturated carbocycles. The van der Waals surface area contributed by atoms with E-state index < -0.39 is 0 Å². The van der Waals surface area contributed by atoms with E-state index in [9.17, 15) is 0 Å². The zero-order valence-corrected chi connectivity index (χ0v) is 15.9. The summed E-state index contributed by atoms with van der Waals surface area (Å²) in [4.78, 5) is 0. The number of aromatic nitrogens is 2. The third kappa shape index (κ3) is 3.86. The predicted molar refractivity (Wildman–Crippen MR) is 109 cm³/mol. The molecule has 0 radical (unpaired) electrons. The SMILES string of the molecule is COc1ccccc1NC(=S)NCc1c(C)nn(-c2ccccc2)c1C. The average molecular weight is 366 g/mol. The lowest BCUT2D eigenvalue weighted by atomic mass is 10.2. The van der Waals surface area contributed by atoms with Crippen molar-refractivity contribution in [2.45, 2.75) is 20.4 Å². The minimum absolute atomic E-state index is 0.542. The summed E-state index contributed by atoms with van der Waals surface area (Å²) in [6, 6.07) is 17.8. The second-order valence-corrected chi connectivity index (χ2v) is 6.31. The Kier molecular flexibility index (Phi) is 5.53. The Morgan fingerprint density at radius 2 is 1.77 bits per heavy atom. The molecule has 0 fully saturated rings. The summed E-state index contributed by atoms with van der Waals surface area (Å²) in [6.45, 7) is 4.69. The Morgan fingerprint density at radius 1 is 1.08 bits per heavy atom. The number of benzene rings is 2. The lowest BCUT2D eigenvalue weighted by molar-refractivity contribution is 0.417. The molecule has 5 nitrogen and oxygen atoms in total. The molecule has 3 rings (SSSR count). The van der Waals surface area contributed by atoms with Crippen molar-refractivity contribution in [3.8, 4) is 11.4 Å². The van der Waals surface area contributed by atoms with E-state index in [0.717, 1.165) is 34.1 Å². The Balaban J connectivity index is 1.70. The number of aryl methyl sites for hydroxylation is 1. The molecule has 2 N–H and O–H groups in total. The topological polar surface area (TPSA) is 51.1 Å². The summed E-state index contributed by atoms with van der Waals surface area (Å²) in [5.74, 6) is 0.751. The minimum atomic E-state index is 0.542. The standard InChI is InChI=1S/C20H22N4OS/c1-14-17(15(2)24(23-14)16-9-5-4-6-10-16)13-21-20(26)22-18-11-7-8-12-19(18)25-3/h4-12H,13H2,1-3H3,(H2,21,22,26). The highest BCUT2D eigenvalue weighted by Gasteiger charge is 2.13. The van der Waals surface area contributed by atoms with E-state index in [2.05, 4.69) is 22.7 Å². The maximum atomic E-state index is 5.42. The van der Waals surface area contributed by atoms with Gasteiger partial charge in [0.15, 0.2) is 5.11 Å². The first-order chi connectivity index (χ1) is 12.6. The lowest BCUT2D eigenvalue weighted by Gasteiger charge is -2.13. The highest BCUT2D eigenvalue weighted by atomic mass is 32.1. The summed E-state index contributed by atoms with van der Waals surface area (Å²) < 4.78 is 7.30. The molecule has 1 aromatic heterocycles. The van der Waals surface area contributed by atoms with Gasteiger partial charge in [-0.2, -0.15) is 5.10 Å². The highest BCUT2D eigenvalue weighted by molar-refractivity contribution is 7.80. The Hall–Kier alpha value is -2.86. The van der Waals surface area contributed by atoms with Crippen molar-refractivity contribution in [3.05, 3.63) is 71.5 Å². The monoisotopic (exact) mass is 366 g/mol. The summed E-state index contributed by atoms with van der Waals surface area (Å²) in [5.41, 5.74) is 5.10. The van der Waals surface area contributed by atoms with Crippen molar-refractivity contribution in [1.29, 1.82) is 0 Å². The van der Waals surface area contributed by atoms with Crippen LogP contribution in [0.3, 0.4) is 0 Å². The van der Waals surface area contributed by atoms with Gasteiger partial charge in [0.2, 0.25) is 0 Å². The van der Waals surface area contributed by atoms with Gasteiger partial charge in [0.05, 0.1) is 24.2 Å². The molecule has 0 atom stereocenters. The average Bonchev–Trinajstić information content (AvgIpc) is 2.95. The van der Waals surface area contributed by atoms with E-state index in [1.807, 2.05) is 66.2 Å². The van der Waals surface area contributed by atoms with Crippen molar-refractivity contribution in [2.24, 2.45) is 0 Å². The first-order valence-electron chi connectivity index (χ1n) is 8.38. The molecule has 0 aliphatic carbocycles. The van der Waals surface area contributed by atoms with Gasteiger partial charge in [-0.05, 0) is 50.3 Å². The van der Waals surface area contributed by atoms with E-state index in [0.29, 0.717) is 11.7 Å². The van der Waals surface area contributed by atoms with E-state index in [4.69, 9.17) is 17.0 Å². The zero-order valence-electron chi connectivity index (χ0n) is 15.1. The van der Waals surface area contributed by atoms with Crippen LogP contribution in [0.1, 0.15) is 17.0 Å². The number of anilines is 1. The molecule has 0 aliphatic rings. The number of ether oxygens (including phenoxy) is 1. The number of methoxy groups -OCH3 is 1. The number of nitrogens with zero attached hydrogens (tertiary/aromatic N) is 2. The number of nitrogens with one attached hydrogen (secondary N) is 2. The first-order valence-corrected chi connectivity index (χ1v) is 8.79. The Bertz CT molecular complexity index is 905. The van der Waals surface area contributed by atoms with Crippen molar-refractivity contribution in [1.82, 2.24) is 15.1 Å². The fourth-order valence-electron chi connectivity index (χ4n) is 2.83. The molecule has 26 heavy (non-hydrogen) atoms. The van der Waals surface area contributed by atoms with Gasteiger partial charge in [0, 0.05) is 17.8 Å². The Labute approximate surface area is 159 Å². The molecular formula is C20H22N4OS. The number of thiocarbonyl (C=S) groups is 1. The van der Waals surface area contributed by atoms with Crippen LogP contribution in [0.25, 0.3) is 5.69 Å². The van der Waals surface area contributed by atoms with Gasteiger partial charge in [-0.15, -0.1) is 0 Å². The minimum Gasteiger partial charge on any atom is -0.495 e. The molecule has 0 unspecified atom stereocenters. The predicted octanol–water partition coefficient (Wildman–Crippen LogP) is 3.98. The van der Waals surface area contributed by atoms with Gasteiger partial charge < -0.3 is 15.4 Å². The van der Waals surface area contributed by atoms with Crippen LogP contribution in [0, 0.1) is 13.8 Å². The van der Waals surface area contributed by atoms with Crippen LogP contribution in [-0.4, -0.2) is 22.0 Å². The Morgan fingerprint density at radius 3 is 2.50 bits per heavy atom. The second kappa shape index (κ2) is 8.01. The smallest absolute Gasteiger partial charge is 0.171 e. The fourth-order valence-corrected chi connectivity index (χ4v) is 3.02. The largest absolute Gasteiger partial charge is 0.495 e. The molecule has 0 saturated heterocycles. The number of hydrogen-bond donors (Lipinski definition) is 2. The highest BCUT2D eigenvalue weighted by Crippen LogP contribution is 2.23. The lowest BCUT2D eigenvalue weighted by Crippen LogP contribution is -2.28. The van der Waals surface area contributed by atoms with Crippen molar-refractivity contribution in [2.75, 3.05) is 12.4 Å². The van der Waals surface area contributed by atoms with Gasteiger partial charge >= 0.3 is 0 Å². The summed E-state index contributed by atoms with van der Waals surface area (Å²) in [7, 11) is 1.64. The molecular weight excluding hydrogens is 344 g/mol. The summed E-state index contributed by atoms with van der Waals surface area (Å²) in [6.07, 6.45) is 0. The van der Waals surface area contributed by atoms with Crippen LogP contribution in [0.15, 0.2) is 54.6 Å². The zero-order chi connectivity index (χ0) is 18.5. The molecule has 2 aromatic carbocycles. The van der Waals surface area contributed by atoms with Crippen LogP contribution in [0.2, 0.25) is 0 Å². The van der Waals surface area contributed by atoms with E-state index in [-0.39, 0.29) is 0 Å². The summed E-state index contributed by atoms with van der Waals surface area (Å²) >= 11 is 5.42. The van der Waals surface area contributed by atoms with Gasteiger partial charge in [0.25, 0.3) is 0 Å². The summed E-state index contributed by atoms with van der Waals surface area (Å²) in [5, 5.41) is 11.6. The number of rotatable bonds is 5. The van der Waals surface area contributed by atoms with E-state index in [1.165, 1.54) is 0 Å². The maximum Gasteiger partial charge on any atom is 0.171 e. The molecule has 134 valence electrons. The van der Waals surface area contributed by atoms with Crippen molar-refractivity contribution >= 4 is 23.0 Å². The molecule has 0 spiro atoms. The quantitative estimate of drug-likeness (QED) is 0.669. The molecule has 6 heteroatoms. The fraction of sp³-hybridized carbons (Fsp3) is 0.200. The third-order valence-corrected chi connectivity index (χ3v) is 4.47. The third-order valence-electron chi connectivity index (χ3n) is 4.22. The van der Waals surface area contributed by atoms with Gasteiger partial charge in [-0.25, -0.2) is 4.68 Å². The van der Waals surface area contributed by atoms with Crippen LogP contribution < -0.4 is 15.4 Å². The maximum absolute atomic E-state index is 5.42. The first kappa shape index (κ1) is 17.9. The van der Waals surface area contributed by atoms with E-state index >= 15 is 0 Å². The van der Waals surface area contributed by atoms with E-state index in [1.54, 1.807) is 7.11 Å². The second-order valence-electron chi connectivity index (χ2n) is 5.90. The van der Waals surface area contributed by atoms with Gasteiger partial charge in [0.1, 0.15) is 5.75 Å². The molecule has 0 aliphatic heterocycles. The molecule has 1 heterocycles. The number of hydrogen-bond acceptors (Lipinski definition) is 3. The van der Waals surface area contributed by atoms with Crippen LogP contribution in [0.5, 0.6) is 5.75 Å². The van der Waals surface area contributed by atoms with Crippen molar-refractivity contribution in [3.63, 3.8) is 0 Å². The van der Waals surface area contributed by atoms with Crippen LogP contribution in [0.4, 0.5) is 5.69 Å². The van der Waals surface area contributed by atoms with Crippen LogP contribution >= 0.6 is 12.2 Å². The molecule has 0 bridgehead atoms. The van der Waals surface area contributed by atoms with Crippen LogP contribution in [-0.2, 0) is 6.54 Å². The number of para-hydroxylation sites is 3. The molecule has 0 amide bonds. The van der Waals surface area contributed by atoms with Gasteiger partial charge in [-0.3, -0.25) is 0 Å².